The molecule has 0 heterocycles. The molecule has 0 saturated heterocycles. The zero-order chi connectivity index (χ0) is 22.4. The molecule has 0 radical (unpaired) electrons. The summed E-state index contributed by atoms with van der Waals surface area (Å²) in [5.74, 6) is -1.08. The van der Waals surface area contributed by atoms with Crippen LogP contribution in [0.2, 0.25) is 0 Å². The highest BCUT2D eigenvalue weighted by atomic mass is 16.5. The second-order valence-corrected chi connectivity index (χ2v) is 7.99. The standard InChI is InChI=1S/C25H29NO5/c1-4-30-22-11-6-5-10-20(22)24(28)26-23(16(2)3)25(29)31-15-21(27)19-13-12-17-8-7-9-18(17)14-19/h5-6,10-14,16,23H,4,7-9,15H2,1-3H3,(H,26,28)/t23-/m0/s1. The number of ketones is 1. The summed E-state index contributed by atoms with van der Waals surface area (Å²) in [7, 11) is 0. The lowest BCUT2D eigenvalue weighted by molar-refractivity contribution is -0.145. The van der Waals surface area contributed by atoms with Gasteiger partial charge in [0, 0.05) is 5.56 Å². The van der Waals surface area contributed by atoms with Gasteiger partial charge in [0.1, 0.15) is 11.8 Å². The van der Waals surface area contributed by atoms with Gasteiger partial charge in [-0.2, -0.15) is 0 Å². The van der Waals surface area contributed by atoms with E-state index in [1.54, 1.807) is 30.3 Å². The number of hydrogen-bond donors (Lipinski definition) is 1. The predicted molar refractivity (Wildman–Crippen MR) is 117 cm³/mol. The number of nitrogens with one attached hydrogen (secondary N) is 1. The van der Waals surface area contributed by atoms with Gasteiger partial charge in [-0.3, -0.25) is 9.59 Å². The Hall–Kier alpha value is -3.15. The number of carbonyl (C=O) groups excluding carboxylic acids is 3. The zero-order valence-electron chi connectivity index (χ0n) is 18.3. The van der Waals surface area contributed by atoms with Crippen LogP contribution in [0, 0.1) is 5.92 Å². The van der Waals surface area contributed by atoms with Crippen molar-refractivity contribution in [2.24, 2.45) is 5.92 Å². The molecule has 0 aromatic heterocycles. The highest BCUT2D eigenvalue weighted by Gasteiger charge is 2.28. The number of ether oxygens (including phenoxy) is 2. The van der Waals surface area contributed by atoms with Crippen molar-refractivity contribution in [1.82, 2.24) is 5.32 Å². The summed E-state index contributed by atoms with van der Waals surface area (Å²) in [4.78, 5) is 37.9. The fourth-order valence-electron chi connectivity index (χ4n) is 3.71. The molecule has 3 rings (SSSR count). The van der Waals surface area contributed by atoms with E-state index in [4.69, 9.17) is 9.47 Å². The average molecular weight is 424 g/mol. The maximum Gasteiger partial charge on any atom is 0.329 e. The normalized spacial score (nSPS) is 13.4. The van der Waals surface area contributed by atoms with Crippen LogP contribution < -0.4 is 10.1 Å². The number of hydrogen-bond acceptors (Lipinski definition) is 5. The van der Waals surface area contributed by atoms with Gasteiger partial charge in [-0.15, -0.1) is 0 Å². The molecule has 0 unspecified atom stereocenters. The van der Waals surface area contributed by atoms with E-state index in [-0.39, 0.29) is 18.3 Å². The number of aryl methyl sites for hydroxylation is 2. The van der Waals surface area contributed by atoms with Crippen LogP contribution in [0.15, 0.2) is 42.5 Å². The van der Waals surface area contributed by atoms with E-state index in [2.05, 4.69) is 5.32 Å². The van der Waals surface area contributed by atoms with Crippen molar-refractivity contribution in [3.63, 3.8) is 0 Å². The third kappa shape index (κ3) is 5.51. The van der Waals surface area contributed by atoms with Crippen LogP contribution in [0.5, 0.6) is 5.75 Å². The Bertz CT molecular complexity index is 966. The number of Topliss-reactive ketones (excluding diaryl/α,β-unsaturated/α-hetero) is 1. The molecule has 1 aliphatic carbocycles. The van der Waals surface area contributed by atoms with Crippen LogP contribution in [-0.4, -0.2) is 36.9 Å². The van der Waals surface area contributed by atoms with E-state index in [1.165, 1.54) is 11.1 Å². The van der Waals surface area contributed by atoms with Gasteiger partial charge in [0.05, 0.1) is 12.2 Å². The van der Waals surface area contributed by atoms with Crippen molar-refractivity contribution >= 4 is 17.7 Å². The number of para-hydroxylation sites is 1. The minimum Gasteiger partial charge on any atom is -0.493 e. The Morgan fingerprint density at radius 2 is 1.77 bits per heavy atom. The summed E-state index contributed by atoms with van der Waals surface area (Å²) in [5, 5.41) is 2.72. The minimum absolute atomic E-state index is 0.217. The SMILES string of the molecule is CCOc1ccccc1C(=O)N[C@H](C(=O)OCC(=O)c1ccc2c(c1)CCC2)C(C)C. The van der Waals surface area contributed by atoms with E-state index in [9.17, 15) is 14.4 Å². The largest absolute Gasteiger partial charge is 0.493 e. The number of amides is 1. The first-order valence-electron chi connectivity index (χ1n) is 10.7. The van der Waals surface area contributed by atoms with Gasteiger partial charge in [0.2, 0.25) is 0 Å². The molecule has 2 aromatic carbocycles. The van der Waals surface area contributed by atoms with E-state index in [0.29, 0.717) is 23.5 Å². The summed E-state index contributed by atoms with van der Waals surface area (Å²) in [6, 6.07) is 11.6. The third-order valence-corrected chi connectivity index (χ3v) is 5.40. The van der Waals surface area contributed by atoms with Crippen LogP contribution >= 0.6 is 0 Å². The molecule has 1 N–H and O–H groups in total. The number of benzene rings is 2. The molecule has 0 saturated carbocycles. The summed E-state index contributed by atoms with van der Waals surface area (Å²) < 4.78 is 10.8. The molecule has 0 fully saturated rings. The maximum absolute atomic E-state index is 12.8. The summed E-state index contributed by atoms with van der Waals surface area (Å²) >= 11 is 0. The van der Waals surface area contributed by atoms with Crippen molar-refractivity contribution in [3.8, 4) is 5.75 Å². The molecule has 6 heteroatoms. The zero-order valence-corrected chi connectivity index (χ0v) is 18.3. The van der Waals surface area contributed by atoms with Gasteiger partial charge in [0.15, 0.2) is 12.4 Å². The monoisotopic (exact) mass is 423 g/mol. The molecule has 1 atom stereocenters. The van der Waals surface area contributed by atoms with Gasteiger partial charge in [-0.25, -0.2) is 4.79 Å². The Morgan fingerprint density at radius 1 is 1.03 bits per heavy atom. The summed E-state index contributed by atoms with van der Waals surface area (Å²) in [5.41, 5.74) is 3.36. The fourth-order valence-corrected chi connectivity index (χ4v) is 3.71. The van der Waals surface area contributed by atoms with Gasteiger partial charge in [0.25, 0.3) is 5.91 Å². The number of fused-ring (bicyclic) bond motifs is 1. The average Bonchev–Trinajstić information content (AvgIpc) is 3.23. The fraction of sp³-hybridized carbons (Fsp3) is 0.400. The first kappa shape index (κ1) is 22.5. The molecule has 31 heavy (non-hydrogen) atoms. The quantitative estimate of drug-likeness (QED) is 0.491. The molecule has 164 valence electrons. The van der Waals surface area contributed by atoms with Gasteiger partial charge < -0.3 is 14.8 Å². The maximum atomic E-state index is 12.8. The molecule has 1 amide bonds. The molecule has 1 aliphatic rings. The lowest BCUT2D eigenvalue weighted by atomic mass is 10.0. The second-order valence-electron chi connectivity index (χ2n) is 7.99. The van der Waals surface area contributed by atoms with Gasteiger partial charge in [-0.1, -0.05) is 38.1 Å². The number of carbonyl (C=O) groups is 3. The Balaban J connectivity index is 1.63. The first-order valence-corrected chi connectivity index (χ1v) is 10.7. The number of rotatable bonds is 9. The van der Waals surface area contributed by atoms with Gasteiger partial charge in [-0.05, 0) is 61.4 Å². The van der Waals surface area contributed by atoms with Crippen LogP contribution in [0.1, 0.15) is 59.0 Å². The summed E-state index contributed by atoms with van der Waals surface area (Å²) in [6.07, 6.45) is 3.12. The highest BCUT2D eigenvalue weighted by molar-refractivity contribution is 6.00. The van der Waals surface area contributed by atoms with Crippen molar-refractivity contribution in [3.05, 3.63) is 64.7 Å². The second kappa shape index (κ2) is 10.2. The predicted octanol–water partition coefficient (Wildman–Crippen LogP) is 3.75. The highest BCUT2D eigenvalue weighted by Crippen LogP contribution is 2.23. The molecule has 2 aromatic rings. The van der Waals surface area contributed by atoms with Crippen molar-refractivity contribution in [1.29, 1.82) is 0 Å². The van der Waals surface area contributed by atoms with E-state index in [1.807, 2.05) is 32.9 Å². The van der Waals surface area contributed by atoms with Crippen molar-refractivity contribution < 1.29 is 23.9 Å². The van der Waals surface area contributed by atoms with Crippen LogP contribution in [0.3, 0.4) is 0 Å². The molecule has 0 spiro atoms. The lowest BCUT2D eigenvalue weighted by Crippen LogP contribution is -2.45. The molecular formula is C25H29NO5. The molecule has 6 nitrogen and oxygen atoms in total. The third-order valence-electron chi connectivity index (χ3n) is 5.40. The number of esters is 1. The van der Waals surface area contributed by atoms with Crippen LogP contribution in [0.25, 0.3) is 0 Å². The smallest absolute Gasteiger partial charge is 0.329 e. The Kier molecular flexibility index (Phi) is 7.45. The summed E-state index contributed by atoms with van der Waals surface area (Å²) in [6.45, 7) is 5.52. The molecular weight excluding hydrogens is 394 g/mol. The molecule has 0 aliphatic heterocycles. The van der Waals surface area contributed by atoms with E-state index in [0.717, 1.165) is 19.3 Å². The lowest BCUT2D eigenvalue weighted by Gasteiger charge is -2.21. The topological polar surface area (TPSA) is 81.7 Å². The molecule has 0 bridgehead atoms. The van der Waals surface area contributed by atoms with E-state index >= 15 is 0 Å². The van der Waals surface area contributed by atoms with Crippen molar-refractivity contribution in [2.45, 2.75) is 46.1 Å². The minimum atomic E-state index is -0.880. The Labute approximate surface area is 182 Å². The van der Waals surface area contributed by atoms with Crippen LogP contribution in [-0.2, 0) is 22.4 Å². The van der Waals surface area contributed by atoms with Crippen LogP contribution in [0.4, 0.5) is 0 Å². The Morgan fingerprint density at radius 3 is 2.52 bits per heavy atom. The van der Waals surface area contributed by atoms with Crippen molar-refractivity contribution in [2.75, 3.05) is 13.2 Å². The first-order chi connectivity index (χ1) is 14.9. The van der Waals surface area contributed by atoms with E-state index < -0.39 is 17.9 Å². The van der Waals surface area contributed by atoms with Gasteiger partial charge >= 0.3 is 5.97 Å².